The van der Waals surface area contributed by atoms with Crippen molar-refractivity contribution < 1.29 is 4.74 Å². The van der Waals surface area contributed by atoms with E-state index in [1.807, 2.05) is 24.4 Å². The number of aromatic amines is 1. The Morgan fingerprint density at radius 3 is 2.66 bits per heavy atom. The molecule has 1 aromatic carbocycles. The molecule has 7 heteroatoms. The van der Waals surface area contributed by atoms with Crippen molar-refractivity contribution in [1.29, 1.82) is 0 Å². The van der Waals surface area contributed by atoms with Crippen LogP contribution in [0.5, 0.6) is 11.8 Å². The van der Waals surface area contributed by atoms with Crippen LogP contribution in [0.25, 0.3) is 0 Å². The molecular formula is C22H20N6O. The van der Waals surface area contributed by atoms with Crippen molar-refractivity contribution in [2.75, 3.05) is 6.54 Å². The third-order valence-electron chi connectivity index (χ3n) is 5.09. The second-order valence-corrected chi connectivity index (χ2v) is 6.95. The molecule has 0 amide bonds. The van der Waals surface area contributed by atoms with Crippen LogP contribution in [0.3, 0.4) is 0 Å². The molecule has 0 spiro atoms. The van der Waals surface area contributed by atoms with Gasteiger partial charge in [0.15, 0.2) is 0 Å². The van der Waals surface area contributed by atoms with Gasteiger partial charge >= 0.3 is 6.01 Å². The fourth-order valence-corrected chi connectivity index (χ4v) is 3.74. The van der Waals surface area contributed by atoms with Crippen LogP contribution in [0.1, 0.15) is 28.6 Å². The van der Waals surface area contributed by atoms with Crippen LogP contribution < -0.4 is 4.74 Å². The van der Waals surface area contributed by atoms with Crippen molar-refractivity contribution in [3.05, 3.63) is 96.1 Å². The first-order chi connectivity index (χ1) is 14.4. The minimum absolute atomic E-state index is 0.0901. The molecule has 3 aromatic heterocycles. The van der Waals surface area contributed by atoms with Crippen LogP contribution in [0.2, 0.25) is 0 Å². The van der Waals surface area contributed by atoms with Gasteiger partial charge in [-0.3, -0.25) is 9.88 Å². The van der Waals surface area contributed by atoms with E-state index in [0.717, 1.165) is 36.5 Å². The van der Waals surface area contributed by atoms with Gasteiger partial charge in [0, 0.05) is 50.0 Å². The standard InChI is InChI=1S/C22H20N6O/c1-3-17(13-23-9-1)21-20-19(26-15-27-20)8-12-28(21)14-16-4-6-18(7-5-16)29-22-24-10-2-11-25-22/h1-7,9-11,13,15,21H,8,12,14H2,(H,26,27)/t21-/m0/s1. The van der Waals surface area contributed by atoms with Crippen molar-refractivity contribution in [2.45, 2.75) is 19.0 Å². The van der Waals surface area contributed by atoms with Gasteiger partial charge in [0.2, 0.25) is 0 Å². The summed E-state index contributed by atoms with van der Waals surface area (Å²) in [4.78, 5) is 22.8. The molecule has 0 unspecified atom stereocenters. The molecule has 1 aliphatic rings. The Morgan fingerprint density at radius 1 is 1.00 bits per heavy atom. The third kappa shape index (κ3) is 3.72. The zero-order valence-electron chi connectivity index (χ0n) is 15.8. The quantitative estimate of drug-likeness (QED) is 0.567. The molecular weight excluding hydrogens is 364 g/mol. The first-order valence-electron chi connectivity index (χ1n) is 9.57. The minimum atomic E-state index is 0.0901. The first-order valence-corrected chi connectivity index (χ1v) is 9.57. The SMILES string of the molecule is c1cnc(Oc2ccc(CN3CCc4[nH]cnc4[C@@H]3c3cccnc3)cc2)nc1. The van der Waals surface area contributed by atoms with E-state index in [4.69, 9.17) is 4.74 Å². The van der Waals surface area contributed by atoms with E-state index in [9.17, 15) is 0 Å². The molecule has 1 aliphatic heterocycles. The highest BCUT2D eigenvalue weighted by atomic mass is 16.5. The average molecular weight is 384 g/mol. The lowest BCUT2D eigenvalue weighted by Crippen LogP contribution is -2.35. The summed E-state index contributed by atoms with van der Waals surface area (Å²) in [5.41, 5.74) is 4.66. The summed E-state index contributed by atoms with van der Waals surface area (Å²) < 4.78 is 5.69. The Kier molecular flexibility index (Phi) is 4.72. The lowest BCUT2D eigenvalue weighted by molar-refractivity contribution is 0.200. The monoisotopic (exact) mass is 384 g/mol. The van der Waals surface area contributed by atoms with E-state index < -0.39 is 0 Å². The Balaban J connectivity index is 1.36. The Labute approximate surface area is 168 Å². The number of nitrogens with zero attached hydrogens (tertiary/aromatic N) is 5. The Bertz CT molecular complexity index is 1070. The highest BCUT2D eigenvalue weighted by Crippen LogP contribution is 2.34. The van der Waals surface area contributed by atoms with Gasteiger partial charge < -0.3 is 9.72 Å². The number of aromatic nitrogens is 5. The van der Waals surface area contributed by atoms with Gasteiger partial charge in [-0.2, -0.15) is 0 Å². The van der Waals surface area contributed by atoms with Crippen LogP contribution in [0, 0.1) is 0 Å². The molecule has 29 heavy (non-hydrogen) atoms. The molecule has 0 bridgehead atoms. The van der Waals surface area contributed by atoms with Crippen molar-refractivity contribution in [3.8, 4) is 11.8 Å². The van der Waals surface area contributed by atoms with Crippen LogP contribution in [-0.2, 0) is 13.0 Å². The van der Waals surface area contributed by atoms with Gasteiger partial charge in [-0.25, -0.2) is 15.0 Å². The molecule has 7 nitrogen and oxygen atoms in total. The van der Waals surface area contributed by atoms with E-state index in [-0.39, 0.29) is 6.04 Å². The van der Waals surface area contributed by atoms with E-state index in [0.29, 0.717) is 6.01 Å². The minimum Gasteiger partial charge on any atom is -0.424 e. The zero-order valence-corrected chi connectivity index (χ0v) is 15.8. The summed E-state index contributed by atoms with van der Waals surface area (Å²) in [6, 6.07) is 14.4. The summed E-state index contributed by atoms with van der Waals surface area (Å²) in [5, 5.41) is 0. The van der Waals surface area contributed by atoms with Gasteiger partial charge in [0.1, 0.15) is 5.75 Å². The zero-order chi connectivity index (χ0) is 19.5. The number of hydrogen-bond donors (Lipinski definition) is 1. The van der Waals surface area contributed by atoms with E-state index >= 15 is 0 Å². The van der Waals surface area contributed by atoms with Gasteiger partial charge in [-0.15, -0.1) is 0 Å². The summed E-state index contributed by atoms with van der Waals surface area (Å²) >= 11 is 0. The smallest absolute Gasteiger partial charge is 0.321 e. The predicted octanol–water partition coefficient (Wildman–Crippen LogP) is 3.53. The van der Waals surface area contributed by atoms with E-state index in [2.05, 4.69) is 48.0 Å². The topological polar surface area (TPSA) is 79.8 Å². The highest BCUT2D eigenvalue weighted by Gasteiger charge is 2.31. The van der Waals surface area contributed by atoms with Crippen molar-refractivity contribution >= 4 is 0 Å². The lowest BCUT2D eigenvalue weighted by Gasteiger charge is -2.35. The molecule has 4 aromatic rings. The lowest BCUT2D eigenvalue weighted by atomic mass is 9.96. The maximum Gasteiger partial charge on any atom is 0.321 e. The fourth-order valence-electron chi connectivity index (χ4n) is 3.74. The Hall–Kier alpha value is -3.58. The molecule has 144 valence electrons. The first kappa shape index (κ1) is 17.5. The number of H-pyrrole nitrogens is 1. The maximum absolute atomic E-state index is 5.69. The summed E-state index contributed by atoms with van der Waals surface area (Å²) in [6.45, 7) is 1.76. The molecule has 0 fully saturated rings. The number of fused-ring (bicyclic) bond motifs is 1. The second-order valence-electron chi connectivity index (χ2n) is 6.95. The average Bonchev–Trinajstić information content (AvgIpc) is 3.25. The van der Waals surface area contributed by atoms with Crippen molar-refractivity contribution in [1.82, 2.24) is 29.8 Å². The fraction of sp³-hybridized carbons (Fsp3) is 0.182. The normalized spacial score (nSPS) is 16.3. The van der Waals surface area contributed by atoms with E-state index in [1.54, 1.807) is 31.0 Å². The molecule has 1 atom stereocenters. The number of hydrogen-bond acceptors (Lipinski definition) is 6. The van der Waals surface area contributed by atoms with Crippen molar-refractivity contribution in [3.63, 3.8) is 0 Å². The second kappa shape index (κ2) is 7.81. The molecule has 4 heterocycles. The highest BCUT2D eigenvalue weighted by molar-refractivity contribution is 5.33. The predicted molar refractivity (Wildman–Crippen MR) is 107 cm³/mol. The summed E-state index contributed by atoms with van der Waals surface area (Å²) in [6.07, 6.45) is 9.80. The van der Waals surface area contributed by atoms with Gasteiger partial charge in [-0.1, -0.05) is 18.2 Å². The number of rotatable bonds is 5. The number of nitrogens with one attached hydrogen (secondary N) is 1. The largest absolute Gasteiger partial charge is 0.424 e. The van der Waals surface area contributed by atoms with Gasteiger partial charge in [0.05, 0.1) is 18.1 Å². The summed E-state index contributed by atoms with van der Waals surface area (Å²) in [7, 11) is 0. The van der Waals surface area contributed by atoms with Crippen LogP contribution in [0.4, 0.5) is 0 Å². The number of pyridine rings is 1. The molecule has 1 N–H and O–H groups in total. The molecule has 0 saturated heterocycles. The van der Waals surface area contributed by atoms with Crippen molar-refractivity contribution in [2.24, 2.45) is 0 Å². The van der Waals surface area contributed by atoms with E-state index in [1.165, 1.54) is 11.3 Å². The number of ether oxygens (including phenoxy) is 1. The van der Waals surface area contributed by atoms with Gasteiger partial charge in [-0.05, 0) is 35.4 Å². The van der Waals surface area contributed by atoms with Gasteiger partial charge in [0.25, 0.3) is 0 Å². The molecule has 5 rings (SSSR count). The van der Waals surface area contributed by atoms with Crippen LogP contribution in [0.15, 0.2) is 73.6 Å². The van der Waals surface area contributed by atoms with Crippen LogP contribution >= 0.6 is 0 Å². The molecule has 0 radical (unpaired) electrons. The Morgan fingerprint density at radius 2 is 1.86 bits per heavy atom. The maximum atomic E-state index is 5.69. The molecule has 0 saturated carbocycles. The third-order valence-corrected chi connectivity index (χ3v) is 5.09. The summed E-state index contributed by atoms with van der Waals surface area (Å²) in [5.74, 6) is 0.719. The number of benzene rings is 1. The molecule has 0 aliphatic carbocycles. The van der Waals surface area contributed by atoms with Crippen LogP contribution in [-0.4, -0.2) is 36.4 Å². The number of imidazole rings is 1.